The van der Waals surface area contributed by atoms with E-state index in [4.69, 9.17) is 0 Å². The number of rotatable bonds is 7. The van der Waals surface area contributed by atoms with Crippen LogP contribution in [0, 0.1) is 0 Å². The largest absolute Gasteiger partial charge is 0.339 e. The maximum absolute atomic E-state index is 12.3. The number of carbonyl (C=O) groups is 2. The third-order valence-electron chi connectivity index (χ3n) is 3.87. The van der Waals surface area contributed by atoms with Crippen molar-refractivity contribution in [2.75, 3.05) is 24.2 Å². The number of amides is 2. The number of nitrogens with zero attached hydrogens (tertiary/aromatic N) is 5. The number of aromatic nitrogens is 4. The Labute approximate surface area is 163 Å². The van der Waals surface area contributed by atoms with Crippen molar-refractivity contribution >= 4 is 29.3 Å². The van der Waals surface area contributed by atoms with Gasteiger partial charge in [-0.25, -0.2) is 4.68 Å². The maximum Gasteiger partial charge on any atom is 0.253 e. The van der Waals surface area contributed by atoms with Gasteiger partial charge in [0.1, 0.15) is 0 Å². The standard InChI is InChI=1S/C18H26N6O2S/c1-6-23(7-2)16(26)13-8-10-14(11-9-13)19-15(25)12-27-17-20-21-22-24(17)18(3,4)5/h8-11H,6-7,12H2,1-5H3,(H,19,25). The number of nitrogens with one attached hydrogen (secondary N) is 1. The number of anilines is 1. The Bertz CT molecular complexity index is 778. The van der Waals surface area contributed by atoms with Crippen molar-refractivity contribution in [3.63, 3.8) is 0 Å². The first-order chi connectivity index (χ1) is 12.8. The SMILES string of the molecule is CCN(CC)C(=O)c1ccc(NC(=O)CSc2nnnn2C(C)(C)C)cc1. The molecule has 2 rings (SSSR count). The van der Waals surface area contributed by atoms with Crippen LogP contribution in [0.4, 0.5) is 5.69 Å². The molecule has 0 fully saturated rings. The lowest BCUT2D eigenvalue weighted by atomic mass is 10.1. The van der Waals surface area contributed by atoms with Gasteiger partial charge < -0.3 is 10.2 Å². The fourth-order valence-corrected chi connectivity index (χ4v) is 3.27. The van der Waals surface area contributed by atoms with Crippen LogP contribution in [-0.2, 0) is 10.3 Å². The van der Waals surface area contributed by atoms with Crippen LogP contribution in [0.1, 0.15) is 45.0 Å². The Kier molecular flexibility index (Phi) is 6.95. The third-order valence-corrected chi connectivity index (χ3v) is 4.79. The first-order valence-electron chi connectivity index (χ1n) is 8.87. The number of tetrazole rings is 1. The minimum atomic E-state index is -0.254. The molecule has 0 aliphatic heterocycles. The topological polar surface area (TPSA) is 93.0 Å². The summed E-state index contributed by atoms with van der Waals surface area (Å²) in [4.78, 5) is 26.3. The second-order valence-corrected chi connectivity index (χ2v) is 7.88. The molecule has 0 spiro atoms. The molecule has 2 amide bonds. The molecule has 1 aromatic carbocycles. The first kappa shape index (κ1) is 20.9. The summed E-state index contributed by atoms with van der Waals surface area (Å²) in [5, 5.41) is 15.0. The fourth-order valence-electron chi connectivity index (χ4n) is 2.41. The predicted octanol–water partition coefficient (Wildman–Crippen LogP) is 2.64. The zero-order valence-corrected chi connectivity index (χ0v) is 17.2. The second-order valence-electron chi connectivity index (χ2n) is 6.94. The minimum Gasteiger partial charge on any atom is -0.339 e. The number of benzene rings is 1. The lowest BCUT2D eigenvalue weighted by Gasteiger charge is -2.19. The molecule has 0 radical (unpaired) electrons. The number of hydrogen-bond donors (Lipinski definition) is 1. The van der Waals surface area contributed by atoms with E-state index in [1.807, 2.05) is 34.6 Å². The average molecular weight is 391 g/mol. The lowest BCUT2D eigenvalue weighted by Crippen LogP contribution is -2.30. The molecule has 146 valence electrons. The average Bonchev–Trinajstić information content (AvgIpc) is 3.10. The summed E-state index contributed by atoms with van der Waals surface area (Å²) >= 11 is 1.28. The molecule has 1 N–H and O–H groups in total. The first-order valence-corrected chi connectivity index (χ1v) is 9.85. The van der Waals surface area contributed by atoms with Gasteiger partial charge in [0.2, 0.25) is 11.1 Å². The Morgan fingerprint density at radius 2 is 1.78 bits per heavy atom. The maximum atomic E-state index is 12.3. The minimum absolute atomic E-state index is 0.0116. The van der Waals surface area contributed by atoms with Crippen LogP contribution in [0.3, 0.4) is 0 Å². The van der Waals surface area contributed by atoms with Crippen molar-refractivity contribution in [3.05, 3.63) is 29.8 Å². The molecule has 0 unspecified atom stereocenters. The van der Waals surface area contributed by atoms with E-state index in [0.717, 1.165) is 0 Å². The quantitative estimate of drug-likeness (QED) is 0.731. The van der Waals surface area contributed by atoms with Gasteiger partial charge in [-0.2, -0.15) is 0 Å². The molecular weight excluding hydrogens is 364 g/mol. The third kappa shape index (κ3) is 5.53. The molecule has 0 aliphatic carbocycles. The van der Waals surface area contributed by atoms with Crippen molar-refractivity contribution < 1.29 is 9.59 Å². The summed E-state index contributed by atoms with van der Waals surface area (Å²) in [6, 6.07) is 6.92. The van der Waals surface area contributed by atoms with Crippen LogP contribution in [0.5, 0.6) is 0 Å². The van der Waals surface area contributed by atoms with Gasteiger partial charge in [-0.15, -0.1) is 5.10 Å². The molecule has 0 saturated heterocycles. The van der Waals surface area contributed by atoms with Crippen LogP contribution < -0.4 is 5.32 Å². The Hall–Kier alpha value is -2.42. The molecule has 0 atom stereocenters. The predicted molar refractivity (Wildman–Crippen MR) is 106 cm³/mol. The highest BCUT2D eigenvalue weighted by Gasteiger charge is 2.20. The molecule has 1 heterocycles. The van der Waals surface area contributed by atoms with Crippen LogP contribution in [-0.4, -0.2) is 55.8 Å². The Morgan fingerprint density at radius 3 is 2.33 bits per heavy atom. The van der Waals surface area contributed by atoms with Crippen LogP contribution >= 0.6 is 11.8 Å². The van der Waals surface area contributed by atoms with Crippen molar-refractivity contribution in [1.29, 1.82) is 0 Å². The number of thioether (sulfide) groups is 1. The lowest BCUT2D eigenvalue weighted by molar-refractivity contribution is -0.113. The van der Waals surface area contributed by atoms with Gasteiger partial charge in [0.25, 0.3) is 5.91 Å². The van der Waals surface area contributed by atoms with E-state index < -0.39 is 0 Å². The molecule has 2 aromatic rings. The van der Waals surface area contributed by atoms with Gasteiger partial charge in [-0.3, -0.25) is 9.59 Å². The number of hydrogen-bond acceptors (Lipinski definition) is 6. The second kappa shape index (κ2) is 8.98. The fraction of sp³-hybridized carbons (Fsp3) is 0.500. The van der Waals surface area contributed by atoms with Gasteiger partial charge in [0, 0.05) is 24.3 Å². The number of carbonyl (C=O) groups excluding carboxylic acids is 2. The van der Waals surface area contributed by atoms with E-state index in [2.05, 4.69) is 20.8 Å². The summed E-state index contributed by atoms with van der Waals surface area (Å²) in [7, 11) is 0. The van der Waals surface area contributed by atoms with Gasteiger partial charge >= 0.3 is 0 Å². The zero-order chi connectivity index (χ0) is 20.0. The van der Waals surface area contributed by atoms with Crippen molar-refractivity contribution in [1.82, 2.24) is 25.1 Å². The monoisotopic (exact) mass is 390 g/mol. The van der Waals surface area contributed by atoms with Gasteiger partial charge in [-0.1, -0.05) is 11.8 Å². The molecule has 1 aromatic heterocycles. The van der Waals surface area contributed by atoms with E-state index in [1.165, 1.54) is 11.8 Å². The molecule has 0 saturated carbocycles. The van der Waals surface area contributed by atoms with Crippen LogP contribution in [0.25, 0.3) is 0 Å². The molecule has 9 heteroatoms. The van der Waals surface area contributed by atoms with Crippen molar-refractivity contribution in [2.24, 2.45) is 0 Å². The normalized spacial score (nSPS) is 11.3. The van der Waals surface area contributed by atoms with Gasteiger partial charge in [0.05, 0.1) is 11.3 Å². The van der Waals surface area contributed by atoms with E-state index in [9.17, 15) is 9.59 Å². The van der Waals surface area contributed by atoms with Gasteiger partial charge in [-0.05, 0) is 69.3 Å². The highest BCUT2D eigenvalue weighted by atomic mass is 32.2. The van der Waals surface area contributed by atoms with Crippen molar-refractivity contribution in [2.45, 2.75) is 45.3 Å². The van der Waals surface area contributed by atoms with E-state index in [1.54, 1.807) is 33.8 Å². The summed E-state index contributed by atoms with van der Waals surface area (Å²) in [6.45, 7) is 11.2. The highest BCUT2D eigenvalue weighted by Crippen LogP contribution is 2.21. The Balaban J connectivity index is 1.93. The summed E-state index contributed by atoms with van der Waals surface area (Å²) < 4.78 is 1.69. The van der Waals surface area contributed by atoms with Gasteiger partial charge in [0.15, 0.2) is 0 Å². The summed E-state index contributed by atoms with van der Waals surface area (Å²) in [5.41, 5.74) is 0.998. The van der Waals surface area contributed by atoms with E-state index >= 15 is 0 Å². The highest BCUT2D eigenvalue weighted by molar-refractivity contribution is 7.99. The zero-order valence-electron chi connectivity index (χ0n) is 16.4. The van der Waals surface area contributed by atoms with E-state index in [-0.39, 0.29) is 23.1 Å². The smallest absolute Gasteiger partial charge is 0.253 e. The molecule has 27 heavy (non-hydrogen) atoms. The Morgan fingerprint density at radius 1 is 1.15 bits per heavy atom. The summed E-state index contributed by atoms with van der Waals surface area (Å²) in [6.07, 6.45) is 0. The van der Waals surface area contributed by atoms with Crippen molar-refractivity contribution in [3.8, 4) is 0 Å². The molecular formula is C18H26N6O2S. The van der Waals surface area contributed by atoms with Crippen LogP contribution in [0.15, 0.2) is 29.4 Å². The molecule has 8 nitrogen and oxygen atoms in total. The molecule has 0 aliphatic rings. The van der Waals surface area contributed by atoms with Crippen LogP contribution in [0.2, 0.25) is 0 Å². The van der Waals surface area contributed by atoms with E-state index in [0.29, 0.717) is 29.5 Å². The summed E-state index contributed by atoms with van der Waals surface area (Å²) in [5.74, 6) is 0.0186. The molecule has 0 bridgehead atoms.